The zero-order chi connectivity index (χ0) is 5.21. The Bertz CT molecular complexity index is 114. The summed E-state index contributed by atoms with van der Waals surface area (Å²) in [5, 5.41) is 0. The maximum absolute atomic E-state index is 9.33. The van der Waals surface area contributed by atoms with Gasteiger partial charge in [-0.1, -0.05) is 0 Å². The van der Waals surface area contributed by atoms with Gasteiger partial charge in [-0.15, -0.1) is 0 Å². The van der Waals surface area contributed by atoms with E-state index in [4.69, 9.17) is 4.55 Å². The van der Waals surface area contributed by atoms with Gasteiger partial charge in [-0.3, -0.25) is 8.74 Å². The summed E-state index contributed by atoms with van der Waals surface area (Å²) in [5.41, 5.74) is 0. The summed E-state index contributed by atoms with van der Waals surface area (Å²) in [6.07, 6.45) is 0. The Labute approximate surface area is 71.8 Å². The molecule has 0 aromatic carbocycles. The van der Waals surface area contributed by atoms with Gasteiger partial charge < -0.3 is 0 Å². The first kappa shape index (κ1) is 11.0. The van der Waals surface area contributed by atoms with Crippen molar-refractivity contribution < 1.29 is 17.2 Å². The van der Waals surface area contributed by atoms with Crippen molar-refractivity contribution >= 4 is 48.1 Å². The van der Waals surface area contributed by atoms with E-state index in [0.29, 0.717) is 0 Å². The predicted octanol–water partition coefficient (Wildman–Crippen LogP) is -0.945. The predicted molar refractivity (Wildman–Crippen MR) is 24.3 cm³/mol. The zero-order valence-corrected chi connectivity index (χ0v) is 6.81. The summed E-state index contributed by atoms with van der Waals surface area (Å²) in [6.45, 7) is 0. The van der Waals surface area contributed by atoms with Gasteiger partial charge in [0.05, 0.1) is 7.11 Å². The summed E-state index contributed by atoms with van der Waals surface area (Å²) in [5.74, 6) is 0. The Morgan fingerprint density at radius 1 is 1.57 bits per heavy atom. The van der Waals surface area contributed by atoms with Gasteiger partial charge in [-0.25, -0.2) is 0 Å². The van der Waals surface area contributed by atoms with Crippen molar-refractivity contribution in [2.75, 3.05) is 7.11 Å². The molecule has 0 aromatic rings. The van der Waals surface area contributed by atoms with Crippen molar-refractivity contribution in [1.29, 1.82) is 0 Å². The normalized spacial score (nSPS) is 10.0. The maximum atomic E-state index is 9.33. The van der Waals surface area contributed by atoms with Crippen LogP contribution in [0.1, 0.15) is 0 Å². The van der Waals surface area contributed by atoms with E-state index in [1.807, 2.05) is 0 Å². The van der Waals surface area contributed by atoms with Crippen LogP contribution in [0.3, 0.4) is 0 Å². The minimum absolute atomic E-state index is 0. The average molecular weight is 152 g/mol. The third-order valence-electron chi connectivity index (χ3n) is 0.211. The van der Waals surface area contributed by atoms with Crippen molar-refractivity contribution in [1.82, 2.24) is 0 Å². The third kappa shape index (κ3) is 11.0. The molecular weight excluding hydrogens is 148 g/mol. The summed E-state index contributed by atoms with van der Waals surface area (Å²) in [6, 6.07) is 0. The Kier molecular flexibility index (Phi) is 6.37. The Morgan fingerprint density at radius 2 is 1.71 bits per heavy atom. The molecule has 0 aliphatic heterocycles. The van der Waals surface area contributed by atoms with Crippen LogP contribution in [0.15, 0.2) is 0 Å². The molecule has 0 atom stereocenters. The van der Waals surface area contributed by atoms with E-state index in [0.717, 1.165) is 7.11 Å². The molecule has 0 aromatic heterocycles. The van der Waals surface area contributed by atoms with Crippen molar-refractivity contribution in [3.05, 3.63) is 0 Å². The molecule has 0 saturated heterocycles. The van der Waals surface area contributed by atoms with Crippen LogP contribution in [0, 0.1) is 0 Å². The van der Waals surface area contributed by atoms with Crippen molar-refractivity contribution in [3.8, 4) is 0 Å². The largest absolute Gasteiger partial charge is 0.397 e. The molecule has 0 heterocycles. The van der Waals surface area contributed by atoms with E-state index in [-0.39, 0.29) is 37.7 Å². The van der Waals surface area contributed by atoms with E-state index in [1.165, 1.54) is 0 Å². The van der Waals surface area contributed by atoms with Gasteiger partial charge >= 0.3 is 10.4 Å². The second kappa shape index (κ2) is 4.05. The van der Waals surface area contributed by atoms with E-state index >= 15 is 0 Å². The fraction of sp³-hybridized carbons (Fsp3) is 1.00. The van der Waals surface area contributed by atoms with Crippen LogP contribution in [-0.2, 0) is 14.6 Å². The van der Waals surface area contributed by atoms with E-state index < -0.39 is 10.4 Å². The molecule has 0 spiro atoms. The van der Waals surface area contributed by atoms with Crippen LogP contribution in [0.5, 0.6) is 0 Å². The number of rotatable bonds is 1. The molecule has 4 nitrogen and oxygen atoms in total. The molecule has 0 aliphatic carbocycles. The molecule has 6 heteroatoms. The molecule has 1 N–H and O–H groups in total. The van der Waals surface area contributed by atoms with Crippen LogP contribution in [0.2, 0.25) is 0 Å². The van der Waals surface area contributed by atoms with Crippen LogP contribution in [0.25, 0.3) is 0 Å². The van der Waals surface area contributed by atoms with Crippen molar-refractivity contribution in [3.63, 3.8) is 0 Å². The summed E-state index contributed by atoms with van der Waals surface area (Å²) in [4.78, 5) is 0. The van der Waals surface area contributed by atoms with Gasteiger partial charge in [0.2, 0.25) is 0 Å². The van der Waals surface area contributed by atoms with E-state index in [9.17, 15) is 8.42 Å². The summed E-state index contributed by atoms with van der Waals surface area (Å²) in [7, 11) is -3.29. The standard InChI is InChI=1S/CH4O4S.Ca/c1-5-6(2,3)4;/h1H3,(H,2,3,4);. The molecule has 0 aliphatic rings. The minimum atomic E-state index is -4.16. The van der Waals surface area contributed by atoms with E-state index in [1.54, 1.807) is 0 Å². The fourth-order valence-electron chi connectivity index (χ4n) is 0. The van der Waals surface area contributed by atoms with Crippen LogP contribution in [-0.4, -0.2) is 57.8 Å². The maximum Gasteiger partial charge on any atom is 0.397 e. The number of hydrogen-bond donors (Lipinski definition) is 1. The molecule has 0 bridgehead atoms. The molecule has 40 valence electrons. The van der Waals surface area contributed by atoms with Gasteiger partial charge in [-0.2, -0.15) is 8.42 Å². The molecule has 0 saturated carbocycles. The van der Waals surface area contributed by atoms with Crippen LogP contribution in [0.4, 0.5) is 0 Å². The molecule has 0 unspecified atom stereocenters. The molecule has 0 rings (SSSR count). The van der Waals surface area contributed by atoms with Gasteiger partial charge in [0.25, 0.3) is 0 Å². The topological polar surface area (TPSA) is 63.6 Å². The average Bonchev–Trinajstić information content (AvgIpc) is 1.35. The van der Waals surface area contributed by atoms with Gasteiger partial charge in [0.1, 0.15) is 0 Å². The van der Waals surface area contributed by atoms with Crippen LogP contribution >= 0.6 is 0 Å². The first-order valence-electron chi connectivity index (χ1n) is 1.09. The minimum Gasteiger partial charge on any atom is -0.264 e. The smallest absolute Gasteiger partial charge is 0.264 e. The molecular formula is CH4CaO4S. The van der Waals surface area contributed by atoms with Gasteiger partial charge in [0, 0.05) is 37.7 Å². The molecule has 0 amide bonds. The zero-order valence-electron chi connectivity index (χ0n) is 3.79. The SMILES string of the molecule is COS(=O)(=O)O.[Ca]. The quantitative estimate of drug-likeness (QED) is 0.389. The summed E-state index contributed by atoms with van der Waals surface area (Å²) < 4.78 is 29.7. The summed E-state index contributed by atoms with van der Waals surface area (Å²) >= 11 is 0. The van der Waals surface area contributed by atoms with Crippen molar-refractivity contribution in [2.24, 2.45) is 0 Å². The number of hydrogen-bond acceptors (Lipinski definition) is 3. The van der Waals surface area contributed by atoms with Crippen molar-refractivity contribution in [2.45, 2.75) is 0 Å². The molecule has 0 fully saturated rings. The molecule has 7 heavy (non-hydrogen) atoms. The van der Waals surface area contributed by atoms with Gasteiger partial charge in [-0.05, 0) is 0 Å². The Hall–Kier alpha value is 1.13. The first-order chi connectivity index (χ1) is 2.56. The second-order valence-electron chi connectivity index (χ2n) is 0.594. The Morgan fingerprint density at radius 3 is 1.71 bits per heavy atom. The second-order valence-corrected chi connectivity index (χ2v) is 1.78. The van der Waals surface area contributed by atoms with E-state index in [2.05, 4.69) is 4.18 Å². The Balaban J connectivity index is 0. The third-order valence-corrected chi connectivity index (χ3v) is 0.632. The van der Waals surface area contributed by atoms with Crippen LogP contribution < -0.4 is 0 Å². The van der Waals surface area contributed by atoms with Gasteiger partial charge in [0.15, 0.2) is 0 Å². The molecule has 2 radical (unpaired) electrons. The first-order valence-corrected chi connectivity index (χ1v) is 2.46. The fourth-order valence-corrected chi connectivity index (χ4v) is 0. The monoisotopic (exact) mass is 152 g/mol.